The van der Waals surface area contributed by atoms with Gasteiger partial charge < -0.3 is 5.11 Å². The first kappa shape index (κ1) is 12.4. The fraction of sp³-hybridized carbons (Fsp3) is 0.214. The molecular weight excluding hydrogens is 256 g/mol. The number of nitrogens with one attached hydrogen (secondary N) is 1. The Labute approximate surface area is 115 Å². The monoisotopic (exact) mass is 270 g/mol. The number of rotatable bonds is 2. The molecule has 2 N–H and O–H groups in total. The molecule has 0 fully saturated rings. The molecule has 0 unspecified atom stereocenters. The molecule has 102 valence electrons. The largest absolute Gasteiger partial charge is 0.493 e. The van der Waals surface area contributed by atoms with Crippen molar-refractivity contribution < 1.29 is 9.90 Å². The number of hydrogen-bond acceptors (Lipinski definition) is 4. The van der Waals surface area contributed by atoms with Crippen LogP contribution in [0.3, 0.4) is 0 Å². The number of aromatic hydroxyl groups is 1. The Morgan fingerprint density at radius 3 is 2.55 bits per heavy atom. The van der Waals surface area contributed by atoms with Gasteiger partial charge in [-0.3, -0.25) is 4.79 Å². The molecule has 0 atom stereocenters. The Morgan fingerprint density at radius 1 is 1.25 bits per heavy atom. The molecule has 1 aliphatic heterocycles. The van der Waals surface area contributed by atoms with E-state index in [2.05, 4.69) is 15.6 Å². The molecule has 1 aliphatic rings. The molecule has 1 aromatic heterocycles. The second kappa shape index (κ2) is 4.80. The predicted octanol–water partition coefficient (Wildman–Crippen LogP) is 1.50. The van der Waals surface area contributed by atoms with E-state index in [0.717, 1.165) is 22.7 Å². The van der Waals surface area contributed by atoms with E-state index in [1.807, 2.05) is 31.2 Å². The van der Waals surface area contributed by atoms with Crippen LogP contribution in [0.1, 0.15) is 24.1 Å². The maximum Gasteiger partial charge on any atom is 0.240 e. The highest BCUT2D eigenvalue weighted by Gasteiger charge is 2.13. The third-order valence-electron chi connectivity index (χ3n) is 3.16. The molecule has 6 heteroatoms. The summed E-state index contributed by atoms with van der Waals surface area (Å²) in [7, 11) is 0. The molecule has 20 heavy (non-hydrogen) atoms. The standard InChI is InChI=1S/C14H14N4O2/c1-9-8-14(20)18(17-9)11-4-2-10(3-5-11)12-6-7-13(19)16-15-12/h2-5,8,20H,6-7H2,1H3,(H,16,19). The number of hydrazone groups is 1. The first-order chi connectivity index (χ1) is 9.63. The lowest BCUT2D eigenvalue weighted by Crippen LogP contribution is -2.25. The third-order valence-corrected chi connectivity index (χ3v) is 3.16. The Bertz CT molecular complexity index is 686. The Morgan fingerprint density at radius 2 is 2.00 bits per heavy atom. The average molecular weight is 270 g/mol. The van der Waals surface area contributed by atoms with Gasteiger partial charge in [-0.15, -0.1) is 0 Å². The Hall–Kier alpha value is -2.63. The molecule has 6 nitrogen and oxygen atoms in total. The molecular formula is C14H14N4O2. The molecule has 0 bridgehead atoms. The summed E-state index contributed by atoms with van der Waals surface area (Å²) in [6.45, 7) is 1.82. The molecule has 0 saturated carbocycles. The van der Waals surface area contributed by atoms with Crippen LogP contribution in [0.2, 0.25) is 0 Å². The van der Waals surface area contributed by atoms with E-state index in [4.69, 9.17) is 0 Å². The van der Waals surface area contributed by atoms with Crippen molar-refractivity contribution in [1.82, 2.24) is 15.2 Å². The van der Waals surface area contributed by atoms with Crippen LogP contribution < -0.4 is 5.43 Å². The van der Waals surface area contributed by atoms with E-state index in [9.17, 15) is 9.90 Å². The van der Waals surface area contributed by atoms with Gasteiger partial charge in [-0.1, -0.05) is 12.1 Å². The van der Waals surface area contributed by atoms with Crippen LogP contribution in [-0.4, -0.2) is 26.5 Å². The number of carbonyl (C=O) groups is 1. The summed E-state index contributed by atoms with van der Waals surface area (Å²) in [6, 6.07) is 9.14. The van der Waals surface area contributed by atoms with Gasteiger partial charge in [0.2, 0.25) is 11.8 Å². The molecule has 0 radical (unpaired) electrons. The Balaban J connectivity index is 1.88. The fourth-order valence-corrected chi connectivity index (χ4v) is 2.15. The molecule has 0 saturated heterocycles. The van der Waals surface area contributed by atoms with E-state index in [1.165, 1.54) is 4.68 Å². The highest BCUT2D eigenvalue weighted by atomic mass is 16.3. The average Bonchev–Trinajstić information content (AvgIpc) is 2.79. The second-order valence-corrected chi connectivity index (χ2v) is 4.70. The first-order valence-corrected chi connectivity index (χ1v) is 6.35. The van der Waals surface area contributed by atoms with Gasteiger partial charge in [-0.05, 0) is 24.6 Å². The fourth-order valence-electron chi connectivity index (χ4n) is 2.15. The maximum absolute atomic E-state index is 11.1. The van der Waals surface area contributed by atoms with Crippen molar-refractivity contribution >= 4 is 11.6 Å². The van der Waals surface area contributed by atoms with Crippen molar-refractivity contribution in [2.75, 3.05) is 0 Å². The van der Waals surface area contributed by atoms with E-state index in [-0.39, 0.29) is 11.8 Å². The molecule has 3 rings (SSSR count). The van der Waals surface area contributed by atoms with Gasteiger partial charge in [-0.25, -0.2) is 10.1 Å². The smallest absolute Gasteiger partial charge is 0.240 e. The van der Waals surface area contributed by atoms with E-state index < -0.39 is 0 Å². The van der Waals surface area contributed by atoms with Gasteiger partial charge in [-0.2, -0.15) is 10.2 Å². The summed E-state index contributed by atoms with van der Waals surface area (Å²) in [6.07, 6.45) is 1.09. The maximum atomic E-state index is 11.1. The van der Waals surface area contributed by atoms with Crippen LogP contribution in [0.4, 0.5) is 0 Å². The van der Waals surface area contributed by atoms with Crippen LogP contribution in [0.5, 0.6) is 5.88 Å². The van der Waals surface area contributed by atoms with Crippen molar-refractivity contribution in [2.24, 2.45) is 5.10 Å². The lowest BCUT2D eigenvalue weighted by molar-refractivity contribution is -0.121. The molecule has 2 aromatic rings. The van der Waals surface area contributed by atoms with Gasteiger partial charge in [0.15, 0.2) is 0 Å². The number of benzene rings is 1. The van der Waals surface area contributed by atoms with Gasteiger partial charge in [0.05, 0.1) is 17.1 Å². The van der Waals surface area contributed by atoms with Crippen LogP contribution in [-0.2, 0) is 4.79 Å². The van der Waals surface area contributed by atoms with Gasteiger partial charge in [0.25, 0.3) is 0 Å². The highest BCUT2D eigenvalue weighted by Crippen LogP contribution is 2.19. The number of aryl methyl sites for hydroxylation is 1. The van der Waals surface area contributed by atoms with Crippen molar-refractivity contribution in [2.45, 2.75) is 19.8 Å². The predicted molar refractivity (Wildman–Crippen MR) is 73.9 cm³/mol. The topological polar surface area (TPSA) is 79.5 Å². The van der Waals surface area contributed by atoms with Crippen LogP contribution in [0.25, 0.3) is 5.69 Å². The number of amides is 1. The number of carbonyl (C=O) groups excluding carboxylic acids is 1. The SMILES string of the molecule is Cc1cc(O)n(-c2ccc(C3=NNC(=O)CC3)cc2)n1. The summed E-state index contributed by atoms with van der Waals surface area (Å²) >= 11 is 0. The molecule has 0 spiro atoms. The minimum atomic E-state index is -0.0534. The summed E-state index contributed by atoms with van der Waals surface area (Å²) in [5, 5.41) is 18.0. The summed E-state index contributed by atoms with van der Waals surface area (Å²) in [5.74, 6) is 0.0554. The minimum absolute atomic E-state index is 0.0534. The van der Waals surface area contributed by atoms with E-state index in [0.29, 0.717) is 12.8 Å². The van der Waals surface area contributed by atoms with Gasteiger partial charge >= 0.3 is 0 Å². The normalized spacial score (nSPS) is 14.8. The van der Waals surface area contributed by atoms with Gasteiger partial charge in [0, 0.05) is 18.9 Å². The van der Waals surface area contributed by atoms with E-state index in [1.54, 1.807) is 6.07 Å². The van der Waals surface area contributed by atoms with Crippen molar-refractivity contribution in [1.29, 1.82) is 0 Å². The van der Waals surface area contributed by atoms with Gasteiger partial charge in [0.1, 0.15) is 0 Å². The van der Waals surface area contributed by atoms with Crippen molar-refractivity contribution in [3.8, 4) is 11.6 Å². The zero-order valence-electron chi connectivity index (χ0n) is 11.0. The second-order valence-electron chi connectivity index (χ2n) is 4.70. The number of nitrogens with zero attached hydrogens (tertiary/aromatic N) is 3. The highest BCUT2D eigenvalue weighted by molar-refractivity contribution is 6.04. The zero-order valence-corrected chi connectivity index (χ0v) is 11.0. The molecule has 1 amide bonds. The Kier molecular flexibility index (Phi) is 2.98. The number of hydrogen-bond donors (Lipinski definition) is 2. The minimum Gasteiger partial charge on any atom is -0.493 e. The summed E-state index contributed by atoms with van der Waals surface area (Å²) in [5.41, 5.74) is 5.83. The van der Waals surface area contributed by atoms with Crippen LogP contribution in [0, 0.1) is 6.92 Å². The van der Waals surface area contributed by atoms with Crippen molar-refractivity contribution in [3.05, 3.63) is 41.6 Å². The van der Waals surface area contributed by atoms with Crippen molar-refractivity contribution in [3.63, 3.8) is 0 Å². The van der Waals surface area contributed by atoms with Crippen LogP contribution in [0.15, 0.2) is 35.4 Å². The van der Waals surface area contributed by atoms with Crippen LogP contribution >= 0.6 is 0 Å². The first-order valence-electron chi connectivity index (χ1n) is 6.35. The third kappa shape index (κ3) is 2.27. The quantitative estimate of drug-likeness (QED) is 0.868. The molecule has 2 heterocycles. The lowest BCUT2D eigenvalue weighted by Gasteiger charge is -2.12. The lowest BCUT2D eigenvalue weighted by atomic mass is 10.0. The molecule has 1 aromatic carbocycles. The number of aromatic nitrogens is 2. The summed E-state index contributed by atoms with van der Waals surface area (Å²) in [4.78, 5) is 11.1. The zero-order chi connectivity index (χ0) is 14.1. The molecule has 0 aliphatic carbocycles. The van der Waals surface area contributed by atoms with E-state index >= 15 is 0 Å². The summed E-state index contributed by atoms with van der Waals surface area (Å²) < 4.78 is 1.48.